The van der Waals surface area contributed by atoms with E-state index in [1.54, 1.807) is 54.6 Å². The maximum Gasteiger partial charge on any atom is 0.314 e. The summed E-state index contributed by atoms with van der Waals surface area (Å²) < 4.78 is 0. The van der Waals surface area contributed by atoms with Crippen LogP contribution in [0.4, 0.5) is 34.1 Å². The Labute approximate surface area is 298 Å². The molecule has 4 rings (SSSR count). The number of carbonyl (C=O) groups excluding carboxylic acids is 1. The number of anilines is 2. The third-order valence-electron chi connectivity index (χ3n) is 5.80. The van der Waals surface area contributed by atoms with Crippen LogP contribution in [0.5, 0.6) is 11.5 Å². The average Bonchev–Trinajstić information content (AvgIpc) is 3.08. The molecule has 0 bridgehead atoms. The van der Waals surface area contributed by atoms with E-state index in [0.29, 0.717) is 11.4 Å². The molecule has 0 aromatic heterocycles. The van der Waals surface area contributed by atoms with Crippen LogP contribution in [0.25, 0.3) is 0 Å². The first kappa shape index (κ1) is 40.3. The number of carbonyl (C=O) groups is 1. The van der Waals surface area contributed by atoms with Crippen LogP contribution in [0.1, 0.15) is 13.8 Å². The molecule has 0 aliphatic heterocycles. The van der Waals surface area contributed by atoms with E-state index in [9.17, 15) is 45.4 Å². The standard InChI is InChI=1S/C16H14N4O5.C15H14N4O6.Co/c1-10(21)15(16(23)17-11-5-3-2-4-6-11)19-18-13-9-12(20(24)25)7-8-14(13)22;1-10(20)15(24-25-18-11-5-3-2-4-6-11)17-16-13-9-12(19(22)23)7-8-14(13)21;/h2-9,21-22H,1H3,(H,17,23);2-9,18,20-21H,1H3;/b;15-10+,17-16?;. The number of nitro groups is 2. The molecule has 0 spiro atoms. The van der Waals surface area contributed by atoms with Crippen molar-refractivity contribution in [3.8, 4) is 11.5 Å². The van der Waals surface area contributed by atoms with E-state index in [4.69, 9.17) is 9.88 Å². The summed E-state index contributed by atoms with van der Waals surface area (Å²) in [4.78, 5) is 41.9. The molecule has 1 amide bonds. The first-order valence-corrected chi connectivity index (χ1v) is 13.9. The molecule has 0 aliphatic carbocycles. The Morgan fingerprint density at radius 3 is 1.63 bits per heavy atom. The molecule has 1 radical (unpaired) electrons. The van der Waals surface area contributed by atoms with Gasteiger partial charge in [-0.3, -0.25) is 29.9 Å². The van der Waals surface area contributed by atoms with E-state index in [1.165, 1.54) is 13.8 Å². The second-order valence-corrected chi connectivity index (χ2v) is 9.54. The average molecular weight is 748 g/mol. The first-order valence-electron chi connectivity index (χ1n) is 13.9. The topological polar surface area (TPSA) is 276 Å². The predicted molar refractivity (Wildman–Crippen MR) is 177 cm³/mol. The third-order valence-corrected chi connectivity index (χ3v) is 5.80. The monoisotopic (exact) mass is 747 g/mol. The van der Waals surface area contributed by atoms with Gasteiger partial charge < -0.3 is 25.7 Å². The summed E-state index contributed by atoms with van der Waals surface area (Å²) in [6.07, 6.45) is 0. The van der Waals surface area contributed by atoms with Crippen molar-refractivity contribution in [2.45, 2.75) is 13.8 Å². The van der Waals surface area contributed by atoms with Crippen LogP contribution in [-0.4, -0.2) is 36.2 Å². The van der Waals surface area contributed by atoms with Gasteiger partial charge in [-0.2, -0.15) is 0 Å². The molecule has 20 heteroatoms. The summed E-state index contributed by atoms with van der Waals surface area (Å²) in [5.74, 6) is -2.57. The van der Waals surface area contributed by atoms with Crippen LogP contribution in [0, 0.1) is 20.2 Å². The molecule has 0 saturated heterocycles. The van der Waals surface area contributed by atoms with Gasteiger partial charge in [-0.25, -0.2) is 5.48 Å². The number of hydrogen-bond donors (Lipinski definition) is 6. The molecular formula is C31H28CoN8O11. The third kappa shape index (κ3) is 12.9. The van der Waals surface area contributed by atoms with Crippen LogP contribution >= 0.6 is 0 Å². The fourth-order valence-corrected chi connectivity index (χ4v) is 3.37. The number of non-ortho nitro benzene ring substituents is 2. The molecule has 0 heterocycles. The normalized spacial score (nSPS) is 11.6. The van der Waals surface area contributed by atoms with E-state index in [0.717, 1.165) is 36.4 Å². The Balaban J connectivity index is 0.000000347. The van der Waals surface area contributed by atoms with Crippen LogP contribution in [0.3, 0.4) is 0 Å². The largest absolute Gasteiger partial charge is 0.510 e. The number of nitrogens with zero attached hydrogens (tertiary/aromatic N) is 6. The second-order valence-electron chi connectivity index (χ2n) is 9.54. The number of hydrogen-bond acceptors (Lipinski definition) is 16. The minimum absolute atomic E-state index is 0. The number of aliphatic hydroxyl groups excluding tert-OH is 2. The first-order chi connectivity index (χ1) is 23.8. The Morgan fingerprint density at radius 1 is 0.706 bits per heavy atom. The van der Waals surface area contributed by atoms with Crippen LogP contribution in [0.15, 0.2) is 141 Å². The van der Waals surface area contributed by atoms with Gasteiger partial charge in [0.1, 0.15) is 28.6 Å². The van der Waals surface area contributed by atoms with Gasteiger partial charge in [-0.1, -0.05) is 41.4 Å². The number of amides is 1. The van der Waals surface area contributed by atoms with Gasteiger partial charge >= 0.3 is 5.88 Å². The van der Waals surface area contributed by atoms with Crippen LogP contribution in [0.2, 0.25) is 0 Å². The predicted octanol–water partition coefficient (Wildman–Crippen LogP) is 7.92. The zero-order valence-corrected chi connectivity index (χ0v) is 27.4. The maximum atomic E-state index is 12.2. The van der Waals surface area contributed by atoms with Crippen molar-refractivity contribution in [2.75, 3.05) is 10.8 Å². The van der Waals surface area contributed by atoms with Gasteiger partial charge in [-0.05, 0) is 50.2 Å². The molecule has 6 N–H and O–H groups in total. The molecule has 4 aromatic rings. The van der Waals surface area contributed by atoms with E-state index in [2.05, 4.69) is 31.3 Å². The number of benzene rings is 4. The van der Waals surface area contributed by atoms with Gasteiger partial charge in [0, 0.05) is 46.7 Å². The van der Waals surface area contributed by atoms with E-state index < -0.39 is 33.1 Å². The molecule has 51 heavy (non-hydrogen) atoms. The van der Waals surface area contributed by atoms with Gasteiger partial charge in [0.25, 0.3) is 17.3 Å². The maximum absolute atomic E-state index is 12.2. The molecule has 267 valence electrons. The molecule has 0 atom stereocenters. The molecular weight excluding hydrogens is 719 g/mol. The number of aliphatic hydroxyl groups is 2. The Kier molecular flexibility index (Phi) is 15.6. The number of nitrogens with one attached hydrogen (secondary N) is 2. The fourth-order valence-electron chi connectivity index (χ4n) is 3.37. The summed E-state index contributed by atoms with van der Waals surface area (Å²) in [6.45, 7) is 2.51. The van der Waals surface area contributed by atoms with Crippen LogP contribution < -0.4 is 10.8 Å². The van der Waals surface area contributed by atoms with Crippen molar-refractivity contribution in [1.82, 2.24) is 0 Å². The Morgan fingerprint density at radius 2 is 1.18 bits per heavy atom. The summed E-state index contributed by atoms with van der Waals surface area (Å²) in [5.41, 5.74) is 2.18. The number of phenols is 2. The van der Waals surface area contributed by atoms with Crippen molar-refractivity contribution in [3.63, 3.8) is 0 Å². The molecule has 4 aromatic carbocycles. The zero-order chi connectivity index (χ0) is 36.6. The van der Waals surface area contributed by atoms with Crippen molar-refractivity contribution in [1.29, 1.82) is 0 Å². The van der Waals surface area contributed by atoms with Gasteiger partial charge in [0.15, 0.2) is 11.5 Å². The van der Waals surface area contributed by atoms with E-state index in [1.807, 2.05) is 6.07 Å². The van der Waals surface area contributed by atoms with Gasteiger partial charge in [0.05, 0.1) is 15.5 Å². The quantitative estimate of drug-likeness (QED) is 0.0201. The molecule has 0 saturated carbocycles. The smallest absolute Gasteiger partial charge is 0.314 e. The van der Waals surface area contributed by atoms with Crippen molar-refractivity contribution in [2.24, 2.45) is 20.5 Å². The van der Waals surface area contributed by atoms with Gasteiger partial charge in [-0.15, -0.1) is 20.5 Å². The number of allylic oxidation sites excluding steroid dienone is 2. The number of aromatic hydroxyl groups is 2. The Bertz CT molecular complexity index is 1950. The second kappa shape index (κ2) is 19.8. The van der Waals surface area contributed by atoms with E-state index in [-0.39, 0.29) is 56.8 Å². The summed E-state index contributed by atoms with van der Waals surface area (Å²) in [7, 11) is 0. The molecule has 19 nitrogen and oxygen atoms in total. The molecule has 0 fully saturated rings. The number of phenolic OH excluding ortho intramolecular Hbond substituents is 2. The number of azo groups is 2. The van der Waals surface area contributed by atoms with Crippen LogP contribution in [-0.2, 0) is 31.4 Å². The Hall–Kier alpha value is -6.90. The fraction of sp³-hybridized carbons (Fsp3) is 0.0645. The zero-order valence-electron chi connectivity index (χ0n) is 26.4. The summed E-state index contributed by atoms with van der Waals surface area (Å²) in [6, 6.07) is 23.7. The van der Waals surface area contributed by atoms with Crippen molar-refractivity contribution >= 4 is 40.0 Å². The summed E-state index contributed by atoms with van der Waals surface area (Å²) in [5, 5.41) is 76.9. The van der Waals surface area contributed by atoms with E-state index >= 15 is 0 Å². The van der Waals surface area contributed by atoms with Gasteiger partial charge in [0.2, 0.25) is 0 Å². The summed E-state index contributed by atoms with van der Waals surface area (Å²) >= 11 is 0. The number of nitro benzene ring substituents is 2. The minimum Gasteiger partial charge on any atom is -0.510 e. The van der Waals surface area contributed by atoms with Crippen molar-refractivity contribution < 1.29 is 61.7 Å². The minimum atomic E-state index is -0.722. The molecule has 0 unspecified atom stereocenters. The molecule has 0 aliphatic rings. The SMILES string of the molecule is C/C(O)=C(/N=Nc1cc([N+](=O)[O-])ccc1O)OONc1ccccc1.CC(O)=C(N=Nc1cc([N+](=O)[O-])ccc1O)C(=O)Nc1ccccc1.[Co]. The number of para-hydroxylation sites is 2. The van der Waals surface area contributed by atoms with Crippen molar-refractivity contribution in [3.05, 3.63) is 140 Å². The number of rotatable bonds is 12.